The summed E-state index contributed by atoms with van der Waals surface area (Å²) in [7, 11) is -3.93. The molecule has 0 N–H and O–H groups in total. The molecule has 198 valence electrons. The highest BCUT2D eigenvalue weighted by Crippen LogP contribution is 2.31. The van der Waals surface area contributed by atoms with Crippen LogP contribution in [0.4, 0.5) is 13.2 Å². The van der Waals surface area contributed by atoms with Crippen LogP contribution in [0.3, 0.4) is 0 Å². The Hall–Kier alpha value is -3.22. The van der Waals surface area contributed by atoms with Crippen molar-refractivity contribution in [1.29, 1.82) is 0 Å². The van der Waals surface area contributed by atoms with Crippen LogP contribution in [0, 0.1) is 0 Å². The van der Waals surface area contributed by atoms with Crippen molar-refractivity contribution < 1.29 is 50.2 Å². The molecule has 0 bridgehead atoms. The van der Waals surface area contributed by atoms with Crippen molar-refractivity contribution in [3.8, 4) is 0 Å². The molecule has 0 amide bonds. The SMILES string of the molecule is CS(=O)(=O)c1ccc(C(=O)OC2=CC(=O)C(OC(=O)c3ccccc3)CC2)c(Cl)c1COCC(F)(F)F. The van der Waals surface area contributed by atoms with E-state index in [1.165, 1.54) is 12.1 Å². The predicted octanol–water partition coefficient (Wildman–Crippen LogP) is 4.45. The zero-order valence-corrected chi connectivity index (χ0v) is 20.8. The lowest BCUT2D eigenvalue weighted by atomic mass is 10.0. The molecule has 1 atom stereocenters. The molecule has 0 fully saturated rings. The summed E-state index contributed by atoms with van der Waals surface area (Å²) in [5, 5.41) is -0.465. The molecular weight excluding hydrogens is 541 g/mol. The van der Waals surface area contributed by atoms with E-state index in [2.05, 4.69) is 4.74 Å². The van der Waals surface area contributed by atoms with Gasteiger partial charge in [0.15, 0.2) is 21.7 Å². The van der Waals surface area contributed by atoms with Crippen LogP contribution in [-0.2, 0) is 35.4 Å². The van der Waals surface area contributed by atoms with E-state index >= 15 is 0 Å². The third-order valence-corrected chi connectivity index (χ3v) is 6.70. The molecule has 0 spiro atoms. The van der Waals surface area contributed by atoms with Gasteiger partial charge in [-0.25, -0.2) is 18.0 Å². The minimum Gasteiger partial charge on any atom is -0.450 e. The van der Waals surface area contributed by atoms with E-state index in [0.29, 0.717) is 0 Å². The molecule has 2 aromatic rings. The van der Waals surface area contributed by atoms with E-state index in [0.717, 1.165) is 24.5 Å². The summed E-state index contributed by atoms with van der Waals surface area (Å²) in [6.45, 7) is -2.50. The van der Waals surface area contributed by atoms with Gasteiger partial charge in [0.2, 0.25) is 0 Å². The average Bonchev–Trinajstić information content (AvgIpc) is 2.80. The topological polar surface area (TPSA) is 113 Å². The summed E-state index contributed by atoms with van der Waals surface area (Å²) in [6, 6.07) is 10.1. The van der Waals surface area contributed by atoms with Gasteiger partial charge in [-0.2, -0.15) is 13.2 Å². The Kier molecular flexibility index (Phi) is 8.77. The number of carbonyl (C=O) groups is 3. The van der Waals surface area contributed by atoms with Crippen molar-refractivity contribution in [2.24, 2.45) is 0 Å². The number of ether oxygens (including phenoxy) is 3. The minimum absolute atomic E-state index is 0.0355. The first-order valence-electron chi connectivity index (χ1n) is 10.6. The molecule has 3 rings (SSSR count). The van der Waals surface area contributed by atoms with Crippen molar-refractivity contribution in [2.45, 2.75) is 36.6 Å². The molecule has 1 aliphatic carbocycles. The summed E-state index contributed by atoms with van der Waals surface area (Å²) >= 11 is 6.18. The van der Waals surface area contributed by atoms with E-state index in [1.54, 1.807) is 18.2 Å². The van der Waals surface area contributed by atoms with Crippen LogP contribution < -0.4 is 0 Å². The van der Waals surface area contributed by atoms with Gasteiger partial charge in [-0.05, 0) is 30.7 Å². The summed E-state index contributed by atoms with van der Waals surface area (Å²) in [6.07, 6.45) is -3.84. The number of allylic oxidation sites excluding steroid dienone is 1. The van der Waals surface area contributed by atoms with E-state index in [4.69, 9.17) is 21.1 Å². The molecule has 0 radical (unpaired) electrons. The van der Waals surface area contributed by atoms with Gasteiger partial charge in [0.1, 0.15) is 12.4 Å². The van der Waals surface area contributed by atoms with E-state index in [-0.39, 0.29) is 35.3 Å². The molecule has 1 aliphatic rings. The maximum atomic E-state index is 12.7. The number of halogens is 4. The molecule has 2 aromatic carbocycles. The van der Waals surface area contributed by atoms with Gasteiger partial charge >= 0.3 is 18.1 Å². The maximum absolute atomic E-state index is 12.7. The molecule has 0 saturated heterocycles. The smallest absolute Gasteiger partial charge is 0.411 e. The van der Waals surface area contributed by atoms with Gasteiger partial charge in [0.25, 0.3) is 0 Å². The Morgan fingerprint density at radius 1 is 1.08 bits per heavy atom. The summed E-state index contributed by atoms with van der Waals surface area (Å²) in [4.78, 5) is 36.9. The van der Waals surface area contributed by atoms with Crippen LogP contribution in [0.25, 0.3) is 0 Å². The standard InChI is InChI=1S/C24H20ClF3O8S/c1-37(32,33)20-10-8-16(21(25)17(20)12-34-13-24(26,27)28)23(31)35-15-7-9-19(18(29)11-15)36-22(30)14-5-3-2-4-6-14/h2-6,8,10-11,19H,7,9,12-13H2,1H3. The van der Waals surface area contributed by atoms with E-state index < -0.39 is 63.0 Å². The van der Waals surface area contributed by atoms with Crippen molar-refractivity contribution >= 4 is 39.2 Å². The molecule has 0 saturated carbocycles. The zero-order valence-electron chi connectivity index (χ0n) is 19.2. The predicted molar refractivity (Wildman–Crippen MR) is 124 cm³/mol. The molecule has 13 heteroatoms. The van der Waals surface area contributed by atoms with Crippen molar-refractivity contribution in [3.63, 3.8) is 0 Å². The molecule has 0 heterocycles. The largest absolute Gasteiger partial charge is 0.450 e. The number of hydrogen-bond acceptors (Lipinski definition) is 8. The van der Waals surface area contributed by atoms with E-state index in [9.17, 15) is 36.0 Å². The Morgan fingerprint density at radius 3 is 2.35 bits per heavy atom. The summed E-state index contributed by atoms with van der Waals surface area (Å²) < 4.78 is 76.5. The molecule has 8 nitrogen and oxygen atoms in total. The Balaban J connectivity index is 1.74. The monoisotopic (exact) mass is 560 g/mol. The summed E-state index contributed by atoms with van der Waals surface area (Å²) in [5.74, 6) is -2.43. The third-order valence-electron chi connectivity index (χ3n) is 5.09. The first-order chi connectivity index (χ1) is 17.3. The van der Waals surface area contributed by atoms with Crippen LogP contribution in [0.2, 0.25) is 5.02 Å². The van der Waals surface area contributed by atoms with Crippen molar-refractivity contribution in [3.05, 3.63) is 76.0 Å². The normalized spacial score (nSPS) is 16.2. The van der Waals surface area contributed by atoms with Crippen LogP contribution in [0.5, 0.6) is 0 Å². The van der Waals surface area contributed by atoms with Crippen molar-refractivity contribution in [2.75, 3.05) is 12.9 Å². The third kappa shape index (κ3) is 7.63. The lowest BCUT2D eigenvalue weighted by Gasteiger charge is -2.21. The van der Waals surface area contributed by atoms with Gasteiger partial charge in [0.05, 0.1) is 27.7 Å². The first-order valence-corrected chi connectivity index (χ1v) is 12.9. The number of esters is 2. The number of carbonyl (C=O) groups excluding carboxylic acids is 3. The lowest BCUT2D eigenvalue weighted by molar-refractivity contribution is -0.176. The first kappa shape index (κ1) is 28.4. The number of hydrogen-bond donors (Lipinski definition) is 0. The van der Waals surface area contributed by atoms with Crippen molar-refractivity contribution in [1.82, 2.24) is 0 Å². The number of benzene rings is 2. The van der Waals surface area contributed by atoms with Crippen LogP contribution in [-0.4, -0.2) is 51.3 Å². The van der Waals surface area contributed by atoms with Crippen LogP contribution in [0.15, 0.2) is 59.2 Å². The quantitative estimate of drug-likeness (QED) is 0.435. The van der Waals surface area contributed by atoms with Crippen LogP contribution in [0.1, 0.15) is 39.1 Å². The Bertz CT molecular complexity index is 1340. The fourth-order valence-electron chi connectivity index (χ4n) is 3.39. The van der Waals surface area contributed by atoms with Gasteiger partial charge in [-0.15, -0.1) is 0 Å². The second-order valence-electron chi connectivity index (χ2n) is 7.99. The van der Waals surface area contributed by atoms with Crippen LogP contribution >= 0.6 is 11.6 Å². The van der Waals surface area contributed by atoms with Gasteiger partial charge < -0.3 is 14.2 Å². The Labute approximate surface area is 214 Å². The second kappa shape index (κ2) is 11.4. The van der Waals surface area contributed by atoms with Gasteiger partial charge in [0, 0.05) is 24.3 Å². The Morgan fingerprint density at radius 2 is 1.76 bits per heavy atom. The van der Waals surface area contributed by atoms with Gasteiger partial charge in [-0.3, -0.25) is 4.79 Å². The minimum atomic E-state index is -4.67. The molecule has 0 aromatic heterocycles. The highest BCUT2D eigenvalue weighted by atomic mass is 35.5. The number of rotatable bonds is 8. The number of ketones is 1. The number of alkyl halides is 3. The van der Waals surface area contributed by atoms with Gasteiger partial charge in [-0.1, -0.05) is 29.8 Å². The average molecular weight is 561 g/mol. The highest BCUT2D eigenvalue weighted by Gasteiger charge is 2.31. The fourth-order valence-corrected chi connectivity index (χ4v) is 4.67. The fraction of sp³-hybridized carbons (Fsp3) is 0.292. The zero-order chi connectivity index (χ0) is 27.4. The molecule has 1 unspecified atom stereocenters. The molecular formula is C24H20ClF3O8S. The lowest BCUT2D eigenvalue weighted by Crippen LogP contribution is -2.29. The highest BCUT2D eigenvalue weighted by molar-refractivity contribution is 7.90. The maximum Gasteiger partial charge on any atom is 0.411 e. The number of sulfone groups is 1. The van der Waals surface area contributed by atoms with E-state index in [1.807, 2.05) is 0 Å². The summed E-state index contributed by atoms with van der Waals surface area (Å²) in [5.41, 5.74) is -0.422. The molecule has 37 heavy (non-hydrogen) atoms. The second-order valence-corrected chi connectivity index (χ2v) is 10.3. The molecule has 0 aliphatic heterocycles.